The van der Waals surface area contributed by atoms with Crippen molar-refractivity contribution in [1.82, 2.24) is 14.6 Å². The summed E-state index contributed by atoms with van der Waals surface area (Å²) in [5.41, 5.74) is 9.94. The molecule has 3 N–H and O–H groups in total. The maximum atomic E-state index is 12.0. The molecule has 3 heterocycles. The molecule has 1 aliphatic rings. The lowest BCUT2D eigenvalue weighted by Gasteiger charge is -2.29. The number of nitrogens with two attached hydrogens (primary N) is 1. The lowest BCUT2D eigenvalue weighted by molar-refractivity contribution is 0.100. The predicted octanol–water partition coefficient (Wildman–Crippen LogP) is 3.49. The van der Waals surface area contributed by atoms with E-state index in [2.05, 4.69) is 29.2 Å². The van der Waals surface area contributed by atoms with Crippen molar-refractivity contribution in [2.45, 2.75) is 39.2 Å². The van der Waals surface area contributed by atoms with Crippen molar-refractivity contribution < 1.29 is 4.79 Å². The van der Waals surface area contributed by atoms with Gasteiger partial charge in [0.1, 0.15) is 0 Å². The number of aromatic nitrogens is 3. The van der Waals surface area contributed by atoms with Gasteiger partial charge in [0.2, 0.25) is 0 Å². The van der Waals surface area contributed by atoms with Crippen LogP contribution in [-0.2, 0) is 0 Å². The second kappa shape index (κ2) is 6.12. The Morgan fingerprint density at radius 3 is 2.73 bits per heavy atom. The summed E-state index contributed by atoms with van der Waals surface area (Å²) in [7, 11) is 0. The normalized spacial score (nSPS) is 18.9. The van der Waals surface area contributed by atoms with E-state index in [1.165, 1.54) is 12.8 Å². The molecule has 0 bridgehead atoms. The van der Waals surface area contributed by atoms with Crippen molar-refractivity contribution in [2.24, 2.45) is 11.1 Å². The Morgan fingerprint density at radius 1 is 1.31 bits per heavy atom. The zero-order valence-electron chi connectivity index (χ0n) is 15.1. The number of hydrogen-bond donors (Lipinski definition) is 2. The van der Waals surface area contributed by atoms with Gasteiger partial charge in [0.05, 0.1) is 23.0 Å². The number of carbonyl (C=O) groups is 1. The summed E-state index contributed by atoms with van der Waals surface area (Å²) in [6.45, 7) is 4.53. The third-order valence-corrected chi connectivity index (χ3v) is 5.49. The van der Waals surface area contributed by atoms with Gasteiger partial charge in [-0.1, -0.05) is 20.3 Å². The summed E-state index contributed by atoms with van der Waals surface area (Å²) in [4.78, 5) is 16.1. The second-order valence-electron chi connectivity index (χ2n) is 7.67. The summed E-state index contributed by atoms with van der Waals surface area (Å²) in [6, 6.07) is 6.25. The van der Waals surface area contributed by atoms with Crippen molar-refractivity contribution in [3.05, 3.63) is 48.5 Å². The van der Waals surface area contributed by atoms with Crippen LogP contribution in [-0.4, -0.2) is 26.5 Å². The molecule has 0 aliphatic heterocycles. The highest BCUT2D eigenvalue weighted by Crippen LogP contribution is 2.40. The van der Waals surface area contributed by atoms with E-state index >= 15 is 0 Å². The Labute approximate surface area is 152 Å². The number of hydrogen-bond acceptors (Lipinski definition) is 4. The first-order valence-electron chi connectivity index (χ1n) is 8.94. The van der Waals surface area contributed by atoms with E-state index < -0.39 is 5.91 Å². The van der Waals surface area contributed by atoms with Crippen molar-refractivity contribution in [3.8, 4) is 11.1 Å². The van der Waals surface area contributed by atoms with Crippen molar-refractivity contribution >= 4 is 17.1 Å². The number of anilines is 1. The van der Waals surface area contributed by atoms with E-state index in [0.29, 0.717) is 11.6 Å². The monoisotopic (exact) mass is 349 g/mol. The van der Waals surface area contributed by atoms with Crippen LogP contribution in [0.4, 0.5) is 5.69 Å². The number of primary amides is 1. The molecule has 0 spiro atoms. The molecular weight excluding hydrogens is 326 g/mol. The molecule has 1 amide bonds. The van der Waals surface area contributed by atoms with E-state index in [1.54, 1.807) is 23.1 Å². The second-order valence-corrected chi connectivity index (χ2v) is 7.67. The number of nitrogens with zero attached hydrogens (tertiary/aromatic N) is 3. The van der Waals surface area contributed by atoms with Crippen LogP contribution in [0, 0.1) is 5.41 Å². The lowest BCUT2D eigenvalue weighted by atomic mass is 9.87. The maximum absolute atomic E-state index is 12.0. The molecule has 6 nitrogen and oxygen atoms in total. The summed E-state index contributed by atoms with van der Waals surface area (Å²) in [5.74, 6) is -0.468. The Kier molecular flexibility index (Phi) is 3.90. The molecule has 134 valence electrons. The van der Waals surface area contributed by atoms with Gasteiger partial charge >= 0.3 is 0 Å². The fraction of sp³-hybridized carbons (Fsp3) is 0.350. The van der Waals surface area contributed by atoms with E-state index in [1.807, 2.05) is 24.4 Å². The number of amides is 1. The summed E-state index contributed by atoms with van der Waals surface area (Å²) in [6.07, 6.45) is 10.5. The molecule has 0 saturated heterocycles. The highest BCUT2D eigenvalue weighted by molar-refractivity contribution is 6.02. The molecule has 1 fully saturated rings. The van der Waals surface area contributed by atoms with Crippen LogP contribution in [0.2, 0.25) is 0 Å². The first-order chi connectivity index (χ1) is 12.5. The van der Waals surface area contributed by atoms with Gasteiger partial charge in [-0.05, 0) is 42.0 Å². The fourth-order valence-corrected chi connectivity index (χ4v) is 3.87. The van der Waals surface area contributed by atoms with E-state index in [0.717, 1.165) is 28.8 Å². The summed E-state index contributed by atoms with van der Waals surface area (Å²) in [5, 5.41) is 8.00. The molecular formula is C20H23N5O. The molecule has 6 heteroatoms. The average Bonchev–Trinajstić information content (AvgIpc) is 3.19. The number of rotatable bonds is 4. The first-order valence-corrected chi connectivity index (χ1v) is 8.94. The predicted molar refractivity (Wildman–Crippen MR) is 102 cm³/mol. The van der Waals surface area contributed by atoms with E-state index in [9.17, 15) is 4.79 Å². The van der Waals surface area contributed by atoms with Gasteiger partial charge in [-0.2, -0.15) is 5.10 Å². The number of pyridine rings is 1. The Hall–Kier alpha value is -2.89. The maximum Gasteiger partial charge on any atom is 0.252 e. The minimum atomic E-state index is -0.468. The molecule has 4 rings (SSSR count). The third kappa shape index (κ3) is 2.81. The molecule has 1 atom stereocenters. The molecule has 1 saturated carbocycles. The highest BCUT2D eigenvalue weighted by atomic mass is 16.1. The SMILES string of the molecule is CC1(C)CCC[C@H]1Nc1c(C(N)=O)cnn2cc(-c3ccncc3)cc12. The van der Waals surface area contributed by atoms with Crippen LogP contribution in [0.25, 0.3) is 16.6 Å². The van der Waals surface area contributed by atoms with Gasteiger partial charge in [-0.3, -0.25) is 9.78 Å². The fourth-order valence-electron chi connectivity index (χ4n) is 3.87. The van der Waals surface area contributed by atoms with Crippen LogP contribution in [0.1, 0.15) is 43.5 Å². The van der Waals surface area contributed by atoms with Gasteiger partial charge in [0, 0.05) is 30.2 Å². The summed E-state index contributed by atoms with van der Waals surface area (Å²) >= 11 is 0. The number of fused-ring (bicyclic) bond motifs is 1. The standard InChI is InChI=1S/C20H23N5O/c1-20(2)7-3-4-17(20)24-18-15(19(21)26)11-23-25-12-14(10-16(18)25)13-5-8-22-9-6-13/h5-6,8-12,17,24H,3-4,7H2,1-2H3,(H2,21,26)/t17-/m1/s1. The van der Waals surface area contributed by atoms with Gasteiger partial charge in [-0.15, -0.1) is 0 Å². The number of carbonyl (C=O) groups excluding carboxylic acids is 1. The van der Waals surface area contributed by atoms with Crippen molar-refractivity contribution in [3.63, 3.8) is 0 Å². The lowest BCUT2D eigenvalue weighted by Crippen LogP contribution is -2.32. The zero-order valence-corrected chi connectivity index (χ0v) is 15.1. The molecule has 0 radical (unpaired) electrons. The van der Waals surface area contributed by atoms with Crippen LogP contribution >= 0.6 is 0 Å². The van der Waals surface area contributed by atoms with Gasteiger partial charge in [-0.25, -0.2) is 4.52 Å². The van der Waals surface area contributed by atoms with Crippen LogP contribution in [0.3, 0.4) is 0 Å². The van der Waals surface area contributed by atoms with Gasteiger partial charge < -0.3 is 11.1 Å². The minimum absolute atomic E-state index is 0.176. The minimum Gasteiger partial charge on any atom is -0.379 e. The van der Waals surface area contributed by atoms with Gasteiger partial charge in [0.25, 0.3) is 5.91 Å². The molecule has 1 aliphatic carbocycles. The Balaban J connectivity index is 1.84. The van der Waals surface area contributed by atoms with Crippen molar-refractivity contribution in [2.75, 3.05) is 5.32 Å². The first kappa shape index (κ1) is 16.6. The topological polar surface area (TPSA) is 85.3 Å². The number of nitrogens with one attached hydrogen (secondary N) is 1. The van der Waals surface area contributed by atoms with E-state index in [-0.39, 0.29) is 5.41 Å². The molecule has 0 aromatic carbocycles. The van der Waals surface area contributed by atoms with Crippen LogP contribution in [0.15, 0.2) is 43.0 Å². The summed E-state index contributed by atoms with van der Waals surface area (Å²) < 4.78 is 1.80. The van der Waals surface area contributed by atoms with Crippen LogP contribution in [0.5, 0.6) is 0 Å². The molecule has 3 aromatic heterocycles. The third-order valence-electron chi connectivity index (χ3n) is 5.49. The largest absolute Gasteiger partial charge is 0.379 e. The quantitative estimate of drug-likeness (QED) is 0.755. The average molecular weight is 349 g/mol. The van der Waals surface area contributed by atoms with Crippen LogP contribution < -0.4 is 11.1 Å². The Morgan fingerprint density at radius 2 is 2.08 bits per heavy atom. The molecule has 3 aromatic rings. The van der Waals surface area contributed by atoms with Gasteiger partial charge in [0.15, 0.2) is 0 Å². The van der Waals surface area contributed by atoms with E-state index in [4.69, 9.17) is 5.73 Å². The van der Waals surface area contributed by atoms with Crippen molar-refractivity contribution in [1.29, 1.82) is 0 Å². The Bertz CT molecular complexity index is 961. The molecule has 26 heavy (non-hydrogen) atoms. The molecule has 0 unspecified atom stereocenters. The highest BCUT2D eigenvalue weighted by Gasteiger charge is 2.35. The smallest absolute Gasteiger partial charge is 0.252 e. The zero-order chi connectivity index (χ0) is 18.3.